The molecule has 1 aromatic heterocycles. The molecule has 0 aliphatic rings. The molecular weight excluding hydrogens is 222 g/mol. The molecule has 5 heteroatoms. The lowest BCUT2D eigenvalue weighted by molar-refractivity contribution is -0.119. The normalized spacial score (nSPS) is 10.8. The Morgan fingerprint density at radius 2 is 2.31 bits per heavy atom. The summed E-state index contributed by atoms with van der Waals surface area (Å²) in [5.74, 6) is 0.643. The maximum Gasteiger partial charge on any atom is 0.233 e. The summed E-state index contributed by atoms with van der Waals surface area (Å²) in [6, 6.07) is 0. The molecule has 0 aliphatic heterocycles. The van der Waals surface area contributed by atoms with E-state index in [0.29, 0.717) is 19.0 Å². The molecule has 0 saturated heterocycles. The second-order valence-electron chi connectivity index (χ2n) is 4.10. The van der Waals surface area contributed by atoms with Gasteiger partial charge in [-0.05, 0) is 5.92 Å². The number of hydrogen-bond acceptors (Lipinski definition) is 4. The van der Waals surface area contributed by atoms with Crippen molar-refractivity contribution in [2.24, 2.45) is 5.92 Å². The summed E-state index contributed by atoms with van der Waals surface area (Å²) in [5, 5.41) is 6.82. The van der Waals surface area contributed by atoms with Gasteiger partial charge in [0, 0.05) is 31.1 Å². The van der Waals surface area contributed by atoms with Gasteiger partial charge < -0.3 is 10.6 Å². The number of carbonyl (C=O) groups is 1. The van der Waals surface area contributed by atoms with Crippen molar-refractivity contribution in [3.8, 4) is 0 Å². The second kappa shape index (κ2) is 6.60. The number of nitrogens with one attached hydrogen (secondary N) is 2. The molecule has 1 amide bonds. The van der Waals surface area contributed by atoms with E-state index in [0.717, 1.165) is 6.42 Å². The van der Waals surface area contributed by atoms with Crippen molar-refractivity contribution in [2.45, 2.75) is 26.8 Å². The molecule has 0 atom stereocenters. The molecule has 1 rings (SSSR count). The van der Waals surface area contributed by atoms with E-state index in [9.17, 15) is 4.79 Å². The largest absolute Gasteiger partial charge is 0.358 e. The monoisotopic (exact) mass is 241 g/mol. The highest BCUT2D eigenvalue weighted by atomic mass is 32.1. The minimum atomic E-state index is 0.00641. The number of likely N-dealkylation sites (N-methyl/N-ethyl adjacent to an activating group) is 1. The lowest BCUT2D eigenvalue weighted by Gasteiger charge is -2.01. The van der Waals surface area contributed by atoms with Crippen molar-refractivity contribution < 1.29 is 4.79 Å². The third kappa shape index (κ3) is 4.72. The van der Waals surface area contributed by atoms with Gasteiger partial charge >= 0.3 is 0 Å². The zero-order valence-electron chi connectivity index (χ0n) is 10.0. The summed E-state index contributed by atoms with van der Waals surface area (Å²) in [6.07, 6.45) is 2.92. The smallest absolute Gasteiger partial charge is 0.233 e. The molecule has 0 aromatic carbocycles. The van der Waals surface area contributed by atoms with E-state index in [4.69, 9.17) is 0 Å². The first-order chi connectivity index (χ1) is 7.61. The first kappa shape index (κ1) is 13.1. The minimum absolute atomic E-state index is 0.00641. The predicted octanol–water partition coefficient (Wildman–Crippen LogP) is 1.18. The van der Waals surface area contributed by atoms with Gasteiger partial charge in [0.25, 0.3) is 0 Å². The summed E-state index contributed by atoms with van der Waals surface area (Å²) in [7, 11) is 1.64. The zero-order valence-corrected chi connectivity index (χ0v) is 10.9. The average Bonchev–Trinajstić information content (AvgIpc) is 2.64. The van der Waals surface area contributed by atoms with Crippen molar-refractivity contribution in [3.05, 3.63) is 16.1 Å². The zero-order chi connectivity index (χ0) is 12.0. The van der Waals surface area contributed by atoms with Crippen LogP contribution in [0.4, 0.5) is 0 Å². The Morgan fingerprint density at radius 3 is 2.94 bits per heavy atom. The number of amides is 1. The Hall–Kier alpha value is -0.940. The predicted molar refractivity (Wildman–Crippen MR) is 66.4 cm³/mol. The van der Waals surface area contributed by atoms with Gasteiger partial charge in [-0.1, -0.05) is 13.8 Å². The summed E-state index contributed by atoms with van der Waals surface area (Å²) >= 11 is 1.72. The van der Waals surface area contributed by atoms with Crippen LogP contribution >= 0.6 is 11.3 Å². The van der Waals surface area contributed by atoms with E-state index in [1.165, 1.54) is 9.88 Å². The average molecular weight is 241 g/mol. The van der Waals surface area contributed by atoms with Crippen molar-refractivity contribution in [2.75, 3.05) is 13.6 Å². The van der Waals surface area contributed by atoms with Crippen LogP contribution in [0.25, 0.3) is 0 Å². The number of rotatable bonds is 6. The van der Waals surface area contributed by atoms with Gasteiger partial charge in [-0.2, -0.15) is 0 Å². The van der Waals surface area contributed by atoms with E-state index in [1.807, 2.05) is 6.20 Å². The van der Waals surface area contributed by atoms with Gasteiger partial charge in [-0.15, -0.1) is 11.3 Å². The van der Waals surface area contributed by atoms with Crippen LogP contribution in [-0.2, 0) is 17.8 Å². The number of hydrogen-bond donors (Lipinski definition) is 2. The van der Waals surface area contributed by atoms with Gasteiger partial charge in [-0.3, -0.25) is 4.79 Å². The maximum atomic E-state index is 11.0. The molecule has 0 radical (unpaired) electrons. The van der Waals surface area contributed by atoms with Crippen LogP contribution in [0.5, 0.6) is 0 Å². The molecule has 90 valence electrons. The molecule has 0 bridgehead atoms. The third-order valence-electron chi connectivity index (χ3n) is 2.05. The van der Waals surface area contributed by atoms with Gasteiger partial charge in [0.05, 0.1) is 11.6 Å². The summed E-state index contributed by atoms with van der Waals surface area (Å²) in [5.41, 5.74) is 0. The van der Waals surface area contributed by atoms with Crippen LogP contribution in [0.3, 0.4) is 0 Å². The first-order valence-corrected chi connectivity index (χ1v) is 6.28. The third-order valence-corrected chi connectivity index (χ3v) is 3.07. The lowest BCUT2D eigenvalue weighted by atomic mass is 10.1. The van der Waals surface area contributed by atoms with Gasteiger partial charge in [0.2, 0.25) is 5.91 Å². The fourth-order valence-electron chi connectivity index (χ4n) is 1.26. The Bertz CT molecular complexity index is 336. The molecule has 0 saturated carbocycles. The second-order valence-corrected chi connectivity index (χ2v) is 5.29. The molecule has 0 spiro atoms. The van der Waals surface area contributed by atoms with Crippen LogP contribution in [0, 0.1) is 5.92 Å². The summed E-state index contributed by atoms with van der Waals surface area (Å²) in [4.78, 5) is 16.5. The fourth-order valence-corrected chi connectivity index (χ4v) is 2.37. The highest BCUT2D eigenvalue weighted by Gasteiger charge is 2.04. The first-order valence-electron chi connectivity index (χ1n) is 5.46. The fraction of sp³-hybridized carbons (Fsp3) is 0.636. The Kier molecular flexibility index (Phi) is 5.42. The molecule has 4 nitrogen and oxygen atoms in total. The van der Waals surface area contributed by atoms with Crippen molar-refractivity contribution in [3.63, 3.8) is 0 Å². The molecular formula is C11H19N3OS. The van der Waals surface area contributed by atoms with E-state index < -0.39 is 0 Å². The van der Waals surface area contributed by atoms with Crippen molar-refractivity contribution in [1.29, 1.82) is 0 Å². The highest BCUT2D eigenvalue weighted by Crippen LogP contribution is 2.16. The summed E-state index contributed by atoms with van der Waals surface area (Å²) < 4.78 is 0. The van der Waals surface area contributed by atoms with Crippen LogP contribution in [-0.4, -0.2) is 24.5 Å². The molecule has 2 N–H and O–H groups in total. The Morgan fingerprint density at radius 1 is 1.56 bits per heavy atom. The Labute approximate surface area is 100 Å². The number of carbonyl (C=O) groups excluding carboxylic acids is 1. The van der Waals surface area contributed by atoms with E-state index in [1.54, 1.807) is 18.4 Å². The lowest BCUT2D eigenvalue weighted by Crippen LogP contribution is -2.30. The molecule has 1 aromatic rings. The van der Waals surface area contributed by atoms with Crippen LogP contribution in [0.15, 0.2) is 6.20 Å². The highest BCUT2D eigenvalue weighted by molar-refractivity contribution is 7.11. The van der Waals surface area contributed by atoms with Crippen LogP contribution < -0.4 is 10.6 Å². The van der Waals surface area contributed by atoms with E-state index in [2.05, 4.69) is 29.5 Å². The maximum absolute atomic E-state index is 11.0. The Balaban J connectivity index is 2.32. The standard InChI is InChI=1S/C11H19N3OS/c1-8(2)4-11-14-6-9(16-11)5-13-7-10(15)12-3/h6,8,13H,4-5,7H2,1-3H3,(H,12,15). The van der Waals surface area contributed by atoms with Crippen molar-refractivity contribution in [1.82, 2.24) is 15.6 Å². The minimum Gasteiger partial charge on any atom is -0.358 e. The van der Waals surface area contributed by atoms with Gasteiger partial charge in [0.1, 0.15) is 0 Å². The number of aromatic nitrogens is 1. The van der Waals surface area contributed by atoms with Gasteiger partial charge in [-0.25, -0.2) is 4.98 Å². The number of nitrogens with zero attached hydrogens (tertiary/aromatic N) is 1. The molecule has 0 aliphatic carbocycles. The number of thiazole rings is 1. The van der Waals surface area contributed by atoms with E-state index >= 15 is 0 Å². The van der Waals surface area contributed by atoms with E-state index in [-0.39, 0.29) is 5.91 Å². The van der Waals surface area contributed by atoms with Crippen LogP contribution in [0.2, 0.25) is 0 Å². The topological polar surface area (TPSA) is 54.0 Å². The quantitative estimate of drug-likeness (QED) is 0.786. The van der Waals surface area contributed by atoms with Gasteiger partial charge in [0.15, 0.2) is 0 Å². The molecule has 1 heterocycles. The van der Waals surface area contributed by atoms with Crippen LogP contribution in [0.1, 0.15) is 23.7 Å². The summed E-state index contributed by atoms with van der Waals surface area (Å²) in [6.45, 7) is 5.44. The van der Waals surface area contributed by atoms with Crippen molar-refractivity contribution >= 4 is 17.2 Å². The molecule has 0 unspecified atom stereocenters. The molecule has 16 heavy (non-hydrogen) atoms. The SMILES string of the molecule is CNC(=O)CNCc1cnc(CC(C)C)s1. The molecule has 0 fully saturated rings.